The molecule has 5 aliphatic rings. The van der Waals surface area contributed by atoms with Gasteiger partial charge in [-0.3, -0.25) is 19.2 Å². The van der Waals surface area contributed by atoms with Crippen molar-refractivity contribution in [3.05, 3.63) is 119 Å². The Morgan fingerprint density at radius 2 is 1.24 bits per heavy atom. The zero-order chi connectivity index (χ0) is 48.1. The molecule has 1 fully saturated rings. The Balaban J connectivity index is 0.000000173. The van der Waals surface area contributed by atoms with Gasteiger partial charge >= 0.3 is 5.97 Å². The maximum atomic E-state index is 13.1. The average molecular weight is 958 g/mol. The summed E-state index contributed by atoms with van der Waals surface area (Å²) in [6.45, 7) is 1.72. The van der Waals surface area contributed by atoms with E-state index in [1.165, 1.54) is 30.9 Å². The number of carbonyl (C=O) groups excluding carboxylic acids is 5. The number of aliphatic hydroxyl groups excluding tert-OH is 1. The fourth-order valence-corrected chi connectivity index (χ4v) is 9.39. The van der Waals surface area contributed by atoms with Crippen LogP contribution in [0.1, 0.15) is 52.6 Å². The lowest BCUT2D eigenvalue weighted by Gasteiger charge is -2.46. The van der Waals surface area contributed by atoms with Crippen LogP contribution in [-0.4, -0.2) is 125 Å². The highest BCUT2D eigenvalue weighted by atomic mass is 35.5. The first kappa shape index (κ1) is 48.2. The molecule has 4 atom stereocenters. The van der Waals surface area contributed by atoms with Crippen LogP contribution in [0.15, 0.2) is 84.9 Å². The third-order valence-electron chi connectivity index (χ3n) is 11.9. The molecule has 0 radical (unpaired) electrons. The first-order valence-corrected chi connectivity index (χ1v) is 22.1. The van der Waals surface area contributed by atoms with E-state index in [4.69, 9.17) is 40.4 Å². The van der Waals surface area contributed by atoms with Crippen molar-refractivity contribution in [2.75, 3.05) is 54.3 Å². The van der Waals surface area contributed by atoms with Crippen LogP contribution in [-0.2, 0) is 41.6 Å². The molecular formula is C48H50Cl2N6O11. The summed E-state index contributed by atoms with van der Waals surface area (Å²) in [7, 11) is 5.52. The van der Waals surface area contributed by atoms with E-state index in [9.17, 15) is 24.0 Å². The first-order valence-electron chi connectivity index (χ1n) is 21.1. The van der Waals surface area contributed by atoms with E-state index in [0.29, 0.717) is 35.8 Å². The third-order valence-corrected chi connectivity index (χ3v) is 12.1. The smallest absolute Gasteiger partial charge is 0.328 e. The predicted octanol–water partition coefficient (Wildman–Crippen LogP) is 5.32. The first-order chi connectivity index (χ1) is 32.5. The number of esters is 1. The third kappa shape index (κ3) is 9.19. The van der Waals surface area contributed by atoms with Crippen molar-refractivity contribution >= 4 is 73.9 Å². The van der Waals surface area contributed by atoms with Crippen molar-refractivity contribution in [3.63, 3.8) is 0 Å². The number of hydrogen-bond donors (Lipinski definition) is 4. The number of halogens is 2. The van der Waals surface area contributed by atoms with Gasteiger partial charge in [0.25, 0.3) is 0 Å². The van der Waals surface area contributed by atoms with Gasteiger partial charge < -0.3 is 59.2 Å². The maximum Gasteiger partial charge on any atom is 0.328 e. The number of carbonyl (C=O) groups is 5. The number of aromatic nitrogens is 2. The van der Waals surface area contributed by atoms with Gasteiger partial charge in [0.2, 0.25) is 36.5 Å². The van der Waals surface area contributed by atoms with Crippen molar-refractivity contribution in [2.24, 2.45) is 5.73 Å². The van der Waals surface area contributed by atoms with Gasteiger partial charge in [-0.1, -0.05) is 48.5 Å². The minimum Gasteiger partial charge on any atom is -0.467 e. The Kier molecular flexibility index (Phi) is 14.9. The molecule has 0 saturated carbocycles. The molecule has 0 unspecified atom stereocenters. The summed E-state index contributed by atoms with van der Waals surface area (Å²) in [6, 6.07) is 25.0. The van der Waals surface area contributed by atoms with E-state index in [1.54, 1.807) is 11.9 Å². The number of nitrogens with zero attached hydrogens (tertiary/aromatic N) is 3. The molecule has 5 N–H and O–H groups in total. The Bertz CT molecular complexity index is 2830. The molecule has 11 rings (SSSR count). The minimum atomic E-state index is -0.789. The predicted molar refractivity (Wildman–Crippen MR) is 249 cm³/mol. The topological polar surface area (TPSA) is 219 Å². The quantitative estimate of drug-likeness (QED) is 0.100. The number of aromatic amines is 2. The molecule has 2 aromatic heterocycles. The van der Waals surface area contributed by atoms with Crippen molar-refractivity contribution in [1.82, 2.24) is 24.7 Å². The Hall–Kier alpha value is -6.79. The Labute approximate surface area is 395 Å². The molecule has 0 aliphatic carbocycles. The van der Waals surface area contributed by atoms with Crippen LogP contribution in [0.2, 0.25) is 0 Å². The van der Waals surface area contributed by atoms with Crippen LogP contribution >= 0.6 is 23.2 Å². The number of nitrogens with two attached hydrogens (primary N) is 1. The summed E-state index contributed by atoms with van der Waals surface area (Å²) < 4.78 is 27.0. The number of hydrogen-bond acceptors (Lipinski definition) is 12. The van der Waals surface area contributed by atoms with Crippen LogP contribution in [0.4, 0.5) is 0 Å². The van der Waals surface area contributed by atoms with Gasteiger partial charge in [-0.2, -0.15) is 0 Å². The van der Waals surface area contributed by atoms with Gasteiger partial charge in [-0.05, 0) is 77.3 Å². The average Bonchev–Trinajstić information content (AvgIpc) is 4.17. The fraction of sp³-hybridized carbons (Fsp3) is 0.312. The number of benzene rings is 4. The lowest BCUT2D eigenvalue weighted by atomic mass is 9.86. The molecule has 3 amide bonds. The number of amides is 3. The number of fused-ring (bicyclic) bond motifs is 9. The van der Waals surface area contributed by atoms with Gasteiger partial charge in [0.15, 0.2) is 23.0 Å². The van der Waals surface area contributed by atoms with Crippen molar-refractivity contribution in [2.45, 2.75) is 43.9 Å². The Morgan fingerprint density at radius 1 is 0.761 bits per heavy atom. The molecular weight excluding hydrogens is 907 g/mol. The summed E-state index contributed by atoms with van der Waals surface area (Å²) in [5.41, 5.74) is 12.0. The highest BCUT2D eigenvalue weighted by molar-refractivity contribution is 6.62. The molecule has 0 spiro atoms. The lowest BCUT2D eigenvalue weighted by molar-refractivity contribution is -0.157. The van der Waals surface area contributed by atoms with Crippen LogP contribution in [0.25, 0.3) is 21.8 Å². The van der Waals surface area contributed by atoms with Crippen molar-refractivity contribution in [3.8, 4) is 23.0 Å². The SMILES string of the molecule is CC(=O)Cl.CN.CN1CC(=O)N2[C@H](c3ccc4c(c3)OCO4)c3[nH]c4ccccc4c3C[C@@H]2C1=O.CO.COC(=O)[C@H]1Cc2c([nH]c3ccccc23)[C@@H](c2ccc3c(c2)OCO3)N1C(=O)CCl. The molecule has 352 valence electrons. The molecule has 6 aromatic rings. The highest BCUT2D eigenvalue weighted by Crippen LogP contribution is 2.46. The van der Waals surface area contributed by atoms with Crippen LogP contribution in [0, 0.1) is 0 Å². The zero-order valence-corrected chi connectivity index (χ0v) is 38.9. The van der Waals surface area contributed by atoms with E-state index >= 15 is 0 Å². The fourth-order valence-electron chi connectivity index (χ4n) is 9.25. The Morgan fingerprint density at radius 3 is 1.76 bits per heavy atom. The van der Waals surface area contributed by atoms with Crippen LogP contribution in [0.5, 0.6) is 23.0 Å². The standard InChI is InChI=1S/C22H19ClN2O5.C22H19N3O4.C2H3ClO.CH5N.CH4O/c1-28-22(27)16-9-14-13-4-2-3-5-15(13)24-20(14)21(25(16)19(26)10-23)12-6-7-17-18(8-12)30-11-29-17;1-24-10-19(26)25-16(22(24)27)9-14-13-4-2-3-5-15(13)23-20(14)21(25)12-6-7-17-18(8-12)29-11-28-17;1-2(3)4;2*1-2/h2-8,16,21,24H,9-11H2,1H3;2-8,16,21,23H,9-11H2,1H3;1H3;2H2,1H3;2H,1H3/t2*16-,21-;;;/m11.../s1. The van der Waals surface area contributed by atoms with Gasteiger partial charge in [-0.15, -0.1) is 11.6 Å². The molecule has 1 saturated heterocycles. The number of alkyl halides is 1. The molecule has 19 heteroatoms. The number of likely N-dealkylation sites (N-methyl/N-ethyl adjacent to an activating group) is 1. The monoisotopic (exact) mass is 956 g/mol. The number of aliphatic hydroxyl groups is 1. The summed E-state index contributed by atoms with van der Waals surface area (Å²) in [6.07, 6.45) is 0.852. The molecule has 67 heavy (non-hydrogen) atoms. The maximum absolute atomic E-state index is 13.1. The second-order valence-electron chi connectivity index (χ2n) is 15.5. The summed E-state index contributed by atoms with van der Waals surface area (Å²) >= 11 is 10.6. The number of nitrogens with one attached hydrogen (secondary N) is 2. The number of rotatable bonds is 4. The van der Waals surface area contributed by atoms with E-state index in [2.05, 4.69) is 33.4 Å². The van der Waals surface area contributed by atoms with Crippen molar-refractivity contribution in [1.29, 1.82) is 0 Å². The van der Waals surface area contributed by atoms with E-state index in [1.807, 2.05) is 78.9 Å². The normalized spacial score (nSPS) is 19.2. The number of ether oxygens (including phenoxy) is 5. The van der Waals surface area contributed by atoms with E-state index in [-0.39, 0.29) is 55.0 Å². The number of piperazine rings is 1. The molecule has 7 heterocycles. The highest BCUT2D eigenvalue weighted by Gasteiger charge is 2.48. The van der Waals surface area contributed by atoms with E-state index in [0.717, 1.165) is 62.6 Å². The minimum absolute atomic E-state index is 0.0220. The second kappa shape index (κ2) is 20.8. The zero-order valence-electron chi connectivity index (χ0n) is 37.3. The summed E-state index contributed by atoms with van der Waals surface area (Å²) in [5, 5.41) is 8.76. The van der Waals surface area contributed by atoms with Crippen molar-refractivity contribution < 1.29 is 52.8 Å². The van der Waals surface area contributed by atoms with Crippen LogP contribution in [0.3, 0.4) is 0 Å². The van der Waals surface area contributed by atoms with Crippen LogP contribution < -0.4 is 24.7 Å². The van der Waals surface area contributed by atoms with E-state index < -0.39 is 24.1 Å². The summed E-state index contributed by atoms with van der Waals surface area (Å²) in [5.74, 6) is 1.46. The van der Waals surface area contributed by atoms with Gasteiger partial charge in [0.05, 0.1) is 25.7 Å². The molecule has 4 aromatic carbocycles. The molecule has 5 aliphatic heterocycles. The molecule has 17 nitrogen and oxygen atoms in total. The number of para-hydroxylation sites is 2. The number of H-pyrrole nitrogens is 2. The second-order valence-corrected chi connectivity index (χ2v) is 16.3. The van der Waals surface area contributed by atoms with Gasteiger partial charge in [0.1, 0.15) is 18.0 Å². The number of methoxy groups -OCH3 is 1. The summed E-state index contributed by atoms with van der Waals surface area (Å²) in [4.78, 5) is 72.8. The largest absolute Gasteiger partial charge is 0.467 e. The lowest BCUT2D eigenvalue weighted by Crippen LogP contribution is -2.62. The van der Waals surface area contributed by atoms with Gasteiger partial charge in [-0.25, -0.2) is 4.79 Å². The molecule has 0 bridgehead atoms. The van der Waals surface area contributed by atoms with Gasteiger partial charge in [0, 0.05) is 67.1 Å².